The standard InChI is InChI=1S/C14H10F3N7/c15-14(16,17)7-21-13-20-6-9-8(5-19-12(9)22-13)10-1-2-11-18-3-4-24(11)23-10/h1-6H,7H2,(H2,19,20,21,22). The van der Waals surface area contributed by atoms with E-state index in [-0.39, 0.29) is 5.95 Å². The van der Waals surface area contributed by atoms with Crippen LogP contribution in [0.4, 0.5) is 19.1 Å². The average molecular weight is 333 g/mol. The molecule has 0 bridgehead atoms. The molecule has 24 heavy (non-hydrogen) atoms. The molecule has 0 radical (unpaired) electrons. The van der Waals surface area contributed by atoms with Crippen molar-refractivity contribution in [2.45, 2.75) is 6.18 Å². The molecule has 0 fully saturated rings. The largest absolute Gasteiger partial charge is 0.405 e. The van der Waals surface area contributed by atoms with Crippen molar-refractivity contribution in [3.05, 3.63) is 36.9 Å². The fraction of sp³-hybridized carbons (Fsp3) is 0.143. The van der Waals surface area contributed by atoms with Gasteiger partial charge >= 0.3 is 6.18 Å². The summed E-state index contributed by atoms with van der Waals surface area (Å²) in [4.78, 5) is 15.0. The van der Waals surface area contributed by atoms with Gasteiger partial charge in [0.05, 0.1) is 5.69 Å². The number of H-pyrrole nitrogens is 1. The lowest BCUT2D eigenvalue weighted by Gasteiger charge is -2.07. The number of nitrogens with zero attached hydrogens (tertiary/aromatic N) is 5. The summed E-state index contributed by atoms with van der Waals surface area (Å²) in [7, 11) is 0. The highest BCUT2D eigenvalue weighted by Gasteiger charge is 2.27. The summed E-state index contributed by atoms with van der Waals surface area (Å²) in [5, 5.41) is 7.25. The summed E-state index contributed by atoms with van der Waals surface area (Å²) in [6.07, 6.45) is 2.19. The van der Waals surface area contributed by atoms with Gasteiger partial charge in [-0.1, -0.05) is 0 Å². The summed E-state index contributed by atoms with van der Waals surface area (Å²) >= 11 is 0. The summed E-state index contributed by atoms with van der Waals surface area (Å²) in [5.74, 6) is -0.0914. The van der Waals surface area contributed by atoms with Crippen LogP contribution in [-0.4, -0.2) is 42.3 Å². The zero-order valence-corrected chi connectivity index (χ0v) is 12.0. The number of anilines is 1. The van der Waals surface area contributed by atoms with Gasteiger partial charge < -0.3 is 10.3 Å². The molecule has 4 aromatic heterocycles. The second kappa shape index (κ2) is 5.18. The number of hydrogen-bond acceptors (Lipinski definition) is 5. The van der Waals surface area contributed by atoms with E-state index in [2.05, 4.69) is 30.4 Å². The molecule has 2 N–H and O–H groups in total. The first-order chi connectivity index (χ1) is 11.5. The van der Waals surface area contributed by atoms with Gasteiger partial charge in [-0.15, -0.1) is 0 Å². The number of alkyl halides is 3. The van der Waals surface area contributed by atoms with Crippen LogP contribution in [0.5, 0.6) is 0 Å². The molecule has 0 aliphatic carbocycles. The fourth-order valence-corrected chi connectivity index (χ4v) is 2.34. The van der Waals surface area contributed by atoms with E-state index in [4.69, 9.17) is 0 Å². The molecule has 0 saturated carbocycles. The Labute approximate surface area is 132 Å². The van der Waals surface area contributed by atoms with Crippen molar-refractivity contribution in [3.63, 3.8) is 0 Å². The van der Waals surface area contributed by atoms with Crippen LogP contribution in [0.1, 0.15) is 0 Å². The van der Waals surface area contributed by atoms with Gasteiger partial charge in [-0.05, 0) is 12.1 Å². The van der Waals surface area contributed by atoms with Crippen LogP contribution < -0.4 is 5.32 Å². The second-order valence-electron chi connectivity index (χ2n) is 5.08. The van der Waals surface area contributed by atoms with Gasteiger partial charge in [0, 0.05) is 35.7 Å². The normalized spacial score (nSPS) is 12.1. The molecular formula is C14H10F3N7. The molecule has 0 aromatic carbocycles. The molecule has 0 unspecified atom stereocenters. The number of fused-ring (bicyclic) bond motifs is 2. The summed E-state index contributed by atoms with van der Waals surface area (Å²) < 4.78 is 38.4. The Morgan fingerprint density at radius 2 is 2.08 bits per heavy atom. The van der Waals surface area contributed by atoms with Gasteiger partial charge in [-0.3, -0.25) is 0 Å². The molecule has 0 aliphatic heterocycles. The number of halogens is 3. The molecule has 0 amide bonds. The van der Waals surface area contributed by atoms with E-state index in [1.807, 2.05) is 6.07 Å². The predicted octanol–water partition coefficient (Wildman–Crippen LogP) is 2.64. The monoisotopic (exact) mass is 333 g/mol. The van der Waals surface area contributed by atoms with Crippen molar-refractivity contribution >= 4 is 22.6 Å². The van der Waals surface area contributed by atoms with Gasteiger partial charge in [0.25, 0.3) is 0 Å². The summed E-state index contributed by atoms with van der Waals surface area (Å²) in [6.45, 7) is -1.19. The van der Waals surface area contributed by atoms with E-state index in [0.717, 1.165) is 5.56 Å². The molecule has 0 aliphatic rings. The van der Waals surface area contributed by atoms with Crippen molar-refractivity contribution in [1.29, 1.82) is 0 Å². The van der Waals surface area contributed by atoms with E-state index < -0.39 is 12.7 Å². The number of hydrogen-bond donors (Lipinski definition) is 2. The lowest BCUT2D eigenvalue weighted by molar-refractivity contribution is -0.115. The van der Waals surface area contributed by atoms with E-state index in [1.165, 1.54) is 6.20 Å². The van der Waals surface area contributed by atoms with Crippen LogP contribution in [0.2, 0.25) is 0 Å². The van der Waals surface area contributed by atoms with E-state index >= 15 is 0 Å². The first kappa shape index (κ1) is 14.4. The SMILES string of the molecule is FC(F)(F)CNc1ncc2c(-c3ccc4nccn4n3)c[nH]c2n1. The fourth-order valence-electron chi connectivity index (χ4n) is 2.34. The highest BCUT2D eigenvalue weighted by atomic mass is 19.4. The maximum absolute atomic E-state index is 12.2. The van der Waals surface area contributed by atoms with Crippen LogP contribution in [-0.2, 0) is 0 Å². The van der Waals surface area contributed by atoms with Crippen LogP contribution in [0, 0.1) is 0 Å². The molecule has 4 aromatic rings. The molecule has 0 saturated heterocycles. The van der Waals surface area contributed by atoms with Crippen LogP contribution >= 0.6 is 0 Å². The van der Waals surface area contributed by atoms with Crippen molar-refractivity contribution in [1.82, 2.24) is 29.5 Å². The Morgan fingerprint density at radius 3 is 2.92 bits per heavy atom. The molecule has 7 nitrogen and oxygen atoms in total. The quantitative estimate of drug-likeness (QED) is 0.602. The van der Waals surface area contributed by atoms with E-state index in [9.17, 15) is 13.2 Å². The predicted molar refractivity (Wildman–Crippen MR) is 80.4 cm³/mol. The Hall–Kier alpha value is -3.17. The van der Waals surface area contributed by atoms with Crippen molar-refractivity contribution < 1.29 is 13.2 Å². The van der Waals surface area contributed by atoms with Crippen LogP contribution in [0.25, 0.3) is 27.9 Å². The number of imidazole rings is 1. The maximum Gasteiger partial charge on any atom is 0.405 e. The lowest BCUT2D eigenvalue weighted by Crippen LogP contribution is -2.22. The lowest BCUT2D eigenvalue weighted by atomic mass is 10.2. The van der Waals surface area contributed by atoms with Crippen molar-refractivity contribution in [2.24, 2.45) is 0 Å². The molecule has 0 spiro atoms. The second-order valence-corrected chi connectivity index (χ2v) is 5.08. The number of nitrogens with one attached hydrogen (secondary N) is 2. The van der Waals surface area contributed by atoms with Gasteiger partial charge in [0.2, 0.25) is 5.95 Å². The molecule has 122 valence electrons. The van der Waals surface area contributed by atoms with E-state index in [1.54, 1.807) is 29.2 Å². The Kier molecular flexibility index (Phi) is 3.12. The summed E-state index contributed by atoms with van der Waals surface area (Å²) in [6, 6.07) is 3.63. The zero-order valence-electron chi connectivity index (χ0n) is 12.0. The molecule has 10 heteroatoms. The van der Waals surface area contributed by atoms with Gasteiger partial charge in [-0.2, -0.15) is 23.3 Å². The topological polar surface area (TPSA) is 83.8 Å². The maximum atomic E-state index is 12.2. The highest BCUT2D eigenvalue weighted by Crippen LogP contribution is 2.26. The smallest absolute Gasteiger partial charge is 0.345 e. The number of rotatable bonds is 3. The zero-order chi connectivity index (χ0) is 16.7. The molecule has 0 atom stereocenters. The highest BCUT2D eigenvalue weighted by molar-refractivity contribution is 5.92. The van der Waals surface area contributed by atoms with Crippen LogP contribution in [0.3, 0.4) is 0 Å². The third-order valence-corrected chi connectivity index (χ3v) is 3.41. The van der Waals surface area contributed by atoms with Gasteiger partial charge in [-0.25, -0.2) is 14.5 Å². The Balaban J connectivity index is 1.69. The number of aromatic amines is 1. The van der Waals surface area contributed by atoms with Gasteiger partial charge in [0.15, 0.2) is 5.65 Å². The van der Waals surface area contributed by atoms with Crippen molar-refractivity contribution in [3.8, 4) is 11.3 Å². The first-order valence-electron chi connectivity index (χ1n) is 6.95. The molecule has 4 heterocycles. The Morgan fingerprint density at radius 1 is 1.21 bits per heavy atom. The third-order valence-electron chi connectivity index (χ3n) is 3.41. The minimum atomic E-state index is -4.33. The molecule has 4 rings (SSSR count). The minimum absolute atomic E-state index is 0.0914. The van der Waals surface area contributed by atoms with Crippen molar-refractivity contribution in [2.75, 3.05) is 11.9 Å². The third kappa shape index (κ3) is 2.62. The molecular weight excluding hydrogens is 323 g/mol. The Bertz CT molecular complexity index is 1020. The van der Waals surface area contributed by atoms with Gasteiger partial charge in [0.1, 0.15) is 12.2 Å². The summed E-state index contributed by atoms with van der Waals surface area (Å²) in [5.41, 5.74) is 2.57. The van der Waals surface area contributed by atoms with E-state index in [0.29, 0.717) is 22.4 Å². The average Bonchev–Trinajstić information content (AvgIpc) is 3.17. The first-order valence-corrected chi connectivity index (χ1v) is 6.95. The van der Waals surface area contributed by atoms with Crippen LogP contribution in [0.15, 0.2) is 36.9 Å². The minimum Gasteiger partial charge on any atom is -0.345 e. The number of aromatic nitrogens is 6.